The molecule has 1 N–H and O–H groups in total. The fourth-order valence-corrected chi connectivity index (χ4v) is 2.87. The van der Waals surface area contributed by atoms with Gasteiger partial charge in [-0.25, -0.2) is 0 Å². The molecule has 0 atom stereocenters. The topological polar surface area (TPSA) is 50.8 Å². The Kier molecular flexibility index (Phi) is 4.93. The molecule has 0 radical (unpaired) electrons. The maximum Gasteiger partial charge on any atom is 0.254 e. The maximum absolute atomic E-state index is 13.0. The van der Waals surface area contributed by atoms with E-state index in [9.17, 15) is 4.79 Å². The lowest BCUT2D eigenvalue weighted by Gasteiger charge is -2.31. The minimum atomic E-state index is -0.00757. The van der Waals surface area contributed by atoms with Gasteiger partial charge in [-0.1, -0.05) is 12.1 Å². The van der Waals surface area contributed by atoms with Crippen LogP contribution in [0.15, 0.2) is 48.0 Å². The van der Waals surface area contributed by atoms with E-state index in [1.165, 1.54) is 0 Å². The van der Waals surface area contributed by atoms with Crippen LogP contribution in [0.1, 0.15) is 12.5 Å². The molecule has 0 aromatic heterocycles. The maximum atomic E-state index is 13.0. The summed E-state index contributed by atoms with van der Waals surface area (Å²) in [5, 5.41) is 3.32. The number of amides is 1. The summed E-state index contributed by atoms with van der Waals surface area (Å²) in [5.41, 5.74) is 3.43. The van der Waals surface area contributed by atoms with Gasteiger partial charge >= 0.3 is 0 Å². The Morgan fingerprint density at radius 2 is 1.76 bits per heavy atom. The number of carbonyl (C=O) groups is 1. The molecule has 0 saturated heterocycles. The first-order valence-corrected chi connectivity index (χ1v) is 8.18. The lowest BCUT2D eigenvalue weighted by atomic mass is 10.1. The third-order valence-electron chi connectivity index (χ3n) is 4.23. The first kappa shape index (κ1) is 16.9. The van der Waals surface area contributed by atoms with Crippen LogP contribution in [0.3, 0.4) is 0 Å². The second kappa shape index (κ2) is 7.30. The normalized spacial score (nSPS) is 13.7. The Bertz CT molecular complexity index is 797. The van der Waals surface area contributed by atoms with E-state index >= 15 is 0 Å². The number of ether oxygens (including phenoxy) is 2. The number of carbonyl (C=O) groups excluding carboxylic acids is 1. The lowest BCUT2D eigenvalue weighted by molar-refractivity contribution is -0.115. The van der Waals surface area contributed by atoms with Gasteiger partial charge in [-0.05, 0) is 42.8 Å². The van der Waals surface area contributed by atoms with Gasteiger partial charge < -0.3 is 19.7 Å². The zero-order valence-electron chi connectivity index (χ0n) is 14.7. The SMILES string of the molecule is COc1ccc(C=C(C)C(=O)N2CCNc3ccc(OC)cc32)cc1. The molecular formula is C20H22N2O3. The van der Waals surface area contributed by atoms with Crippen LogP contribution in [0.4, 0.5) is 11.4 Å². The summed E-state index contributed by atoms with van der Waals surface area (Å²) in [5.74, 6) is 1.52. The quantitative estimate of drug-likeness (QED) is 0.866. The Morgan fingerprint density at radius 3 is 2.44 bits per heavy atom. The minimum Gasteiger partial charge on any atom is -0.497 e. The highest BCUT2D eigenvalue weighted by Crippen LogP contribution is 2.33. The third kappa shape index (κ3) is 3.60. The molecule has 2 aromatic rings. The fraction of sp³-hybridized carbons (Fsp3) is 0.250. The van der Waals surface area contributed by atoms with Crippen molar-refractivity contribution in [1.82, 2.24) is 0 Å². The monoisotopic (exact) mass is 338 g/mol. The Hall–Kier alpha value is -2.95. The van der Waals surface area contributed by atoms with Gasteiger partial charge in [-0.3, -0.25) is 4.79 Å². The third-order valence-corrected chi connectivity index (χ3v) is 4.23. The highest BCUT2D eigenvalue weighted by molar-refractivity contribution is 6.10. The van der Waals surface area contributed by atoms with Crippen molar-refractivity contribution >= 4 is 23.4 Å². The van der Waals surface area contributed by atoms with E-state index in [1.54, 1.807) is 19.1 Å². The van der Waals surface area contributed by atoms with Crippen LogP contribution in [-0.2, 0) is 4.79 Å². The summed E-state index contributed by atoms with van der Waals surface area (Å²) >= 11 is 0. The molecule has 0 bridgehead atoms. The number of rotatable bonds is 4. The van der Waals surface area contributed by atoms with Crippen molar-refractivity contribution < 1.29 is 14.3 Å². The highest BCUT2D eigenvalue weighted by Gasteiger charge is 2.23. The van der Waals surface area contributed by atoms with Crippen molar-refractivity contribution in [3.63, 3.8) is 0 Å². The van der Waals surface area contributed by atoms with Gasteiger partial charge in [0.05, 0.1) is 25.6 Å². The molecule has 0 spiro atoms. The Balaban J connectivity index is 1.86. The fourth-order valence-electron chi connectivity index (χ4n) is 2.87. The van der Waals surface area contributed by atoms with Gasteiger partial charge in [0.1, 0.15) is 11.5 Å². The van der Waals surface area contributed by atoms with Crippen molar-refractivity contribution in [2.45, 2.75) is 6.92 Å². The minimum absolute atomic E-state index is 0.00757. The van der Waals surface area contributed by atoms with Crippen molar-refractivity contribution in [2.24, 2.45) is 0 Å². The second-order valence-electron chi connectivity index (χ2n) is 5.87. The molecule has 1 amide bonds. The molecule has 0 unspecified atom stereocenters. The molecule has 1 aliphatic heterocycles. The van der Waals surface area contributed by atoms with Gasteiger partial charge in [-0.15, -0.1) is 0 Å². The van der Waals surface area contributed by atoms with E-state index in [-0.39, 0.29) is 5.91 Å². The number of benzene rings is 2. The number of hydrogen-bond donors (Lipinski definition) is 1. The number of nitrogens with one attached hydrogen (secondary N) is 1. The van der Waals surface area contributed by atoms with E-state index in [4.69, 9.17) is 9.47 Å². The number of anilines is 2. The number of nitrogens with zero attached hydrogens (tertiary/aromatic N) is 1. The Morgan fingerprint density at radius 1 is 1.08 bits per heavy atom. The molecule has 1 aliphatic rings. The van der Waals surface area contributed by atoms with Crippen LogP contribution in [0.2, 0.25) is 0 Å². The van der Waals surface area contributed by atoms with E-state index in [1.807, 2.05) is 55.5 Å². The lowest BCUT2D eigenvalue weighted by Crippen LogP contribution is -2.39. The molecule has 1 heterocycles. The van der Waals surface area contributed by atoms with E-state index in [0.29, 0.717) is 12.1 Å². The molecule has 25 heavy (non-hydrogen) atoms. The van der Waals surface area contributed by atoms with E-state index in [0.717, 1.165) is 35.0 Å². The van der Waals surface area contributed by atoms with Crippen LogP contribution in [0, 0.1) is 0 Å². The average molecular weight is 338 g/mol. The zero-order chi connectivity index (χ0) is 17.8. The van der Waals surface area contributed by atoms with Gasteiger partial charge in [-0.2, -0.15) is 0 Å². The molecule has 5 nitrogen and oxygen atoms in total. The Labute approximate surface area is 147 Å². The molecule has 3 rings (SSSR count). The van der Waals surface area contributed by atoms with E-state index in [2.05, 4.69) is 5.32 Å². The number of hydrogen-bond acceptors (Lipinski definition) is 4. The molecule has 5 heteroatoms. The van der Waals surface area contributed by atoms with Crippen molar-refractivity contribution in [1.29, 1.82) is 0 Å². The van der Waals surface area contributed by atoms with Gasteiger partial charge in [0.2, 0.25) is 0 Å². The smallest absolute Gasteiger partial charge is 0.254 e. The van der Waals surface area contributed by atoms with Gasteiger partial charge in [0, 0.05) is 24.7 Å². The average Bonchev–Trinajstić information content (AvgIpc) is 2.67. The van der Waals surface area contributed by atoms with Crippen LogP contribution < -0.4 is 19.7 Å². The molecule has 0 fully saturated rings. The molecule has 130 valence electrons. The molecular weight excluding hydrogens is 316 g/mol. The molecule has 0 aliphatic carbocycles. The summed E-state index contributed by atoms with van der Waals surface area (Å²) in [6.45, 7) is 3.18. The summed E-state index contributed by atoms with van der Waals surface area (Å²) in [7, 11) is 3.26. The second-order valence-corrected chi connectivity index (χ2v) is 5.87. The van der Waals surface area contributed by atoms with Gasteiger partial charge in [0.15, 0.2) is 0 Å². The summed E-state index contributed by atoms with van der Waals surface area (Å²) in [6, 6.07) is 13.4. The highest BCUT2D eigenvalue weighted by atomic mass is 16.5. The zero-order valence-corrected chi connectivity index (χ0v) is 14.7. The summed E-state index contributed by atoms with van der Waals surface area (Å²) < 4.78 is 10.5. The van der Waals surface area contributed by atoms with Crippen molar-refractivity contribution in [2.75, 3.05) is 37.5 Å². The number of fused-ring (bicyclic) bond motifs is 1. The standard InChI is InChI=1S/C20H22N2O3/c1-14(12-15-4-6-16(24-2)7-5-15)20(23)22-11-10-21-18-9-8-17(25-3)13-19(18)22/h4-9,12-13,21H,10-11H2,1-3H3. The predicted octanol–water partition coefficient (Wildman–Crippen LogP) is 3.57. The van der Waals surface area contributed by atoms with Crippen LogP contribution in [0.5, 0.6) is 11.5 Å². The first-order chi connectivity index (χ1) is 12.1. The molecule has 0 saturated carbocycles. The van der Waals surface area contributed by atoms with E-state index < -0.39 is 0 Å². The van der Waals surface area contributed by atoms with Crippen LogP contribution in [-0.4, -0.2) is 33.2 Å². The summed E-state index contributed by atoms with van der Waals surface area (Å²) in [4.78, 5) is 14.7. The molecule has 2 aromatic carbocycles. The predicted molar refractivity (Wildman–Crippen MR) is 100 cm³/mol. The van der Waals surface area contributed by atoms with Crippen LogP contribution >= 0.6 is 0 Å². The van der Waals surface area contributed by atoms with Crippen molar-refractivity contribution in [3.8, 4) is 11.5 Å². The van der Waals surface area contributed by atoms with Crippen molar-refractivity contribution in [3.05, 3.63) is 53.6 Å². The first-order valence-electron chi connectivity index (χ1n) is 8.18. The summed E-state index contributed by atoms with van der Waals surface area (Å²) in [6.07, 6.45) is 1.89. The van der Waals surface area contributed by atoms with Crippen LogP contribution in [0.25, 0.3) is 6.08 Å². The number of methoxy groups -OCH3 is 2. The largest absolute Gasteiger partial charge is 0.497 e. The van der Waals surface area contributed by atoms with Gasteiger partial charge in [0.25, 0.3) is 5.91 Å².